The Kier molecular flexibility index (Phi) is 8.90. The van der Waals surface area contributed by atoms with Gasteiger partial charge in [-0.1, -0.05) is 32.9 Å². The smallest absolute Gasteiger partial charge is 0.459 e. The van der Waals surface area contributed by atoms with Gasteiger partial charge >= 0.3 is 12.1 Å². The highest BCUT2D eigenvalue weighted by Gasteiger charge is 2.12. The van der Waals surface area contributed by atoms with E-state index < -0.39 is 6.16 Å². The average molecular weight is 336 g/mol. The Morgan fingerprint density at radius 3 is 2.29 bits per heavy atom. The number of ether oxygens (including phenoxy) is 3. The van der Waals surface area contributed by atoms with Gasteiger partial charge in [0.05, 0.1) is 24.9 Å². The third-order valence-corrected chi connectivity index (χ3v) is 3.42. The van der Waals surface area contributed by atoms with Crippen LogP contribution in [0.4, 0.5) is 4.79 Å². The van der Waals surface area contributed by atoms with Crippen LogP contribution in [0.25, 0.3) is 0 Å². The van der Waals surface area contributed by atoms with E-state index >= 15 is 0 Å². The van der Waals surface area contributed by atoms with Gasteiger partial charge in [-0.3, -0.25) is 0 Å². The second-order valence-corrected chi connectivity index (χ2v) is 6.21. The van der Waals surface area contributed by atoms with E-state index in [0.29, 0.717) is 25.0 Å². The van der Waals surface area contributed by atoms with Crippen molar-refractivity contribution in [3.63, 3.8) is 0 Å². The van der Waals surface area contributed by atoms with E-state index in [9.17, 15) is 9.59 Å². The second kappa shape index (κ2) is 10.7. The van der Waals surface area contributed by atoms with Gasteiger partial charge in [0, 0.05) is 0 Å². The van der Waals surface area contributed by atoms with Crippen LogP contribution in [0, 0.1) is 5.92 Å². The van der Waals surface area contributed by atoms with Gasteiger partial charge in [0.2, 0.25) is 0 Å². The Balaban J connectivity index is 2.22. The van der Waals surface area contributed by atoms with Gasteiger partial charge in [0.25, 0.3) is 0 Å². The Labute approximate surface area is 144 Å². The molecule has 5 heteroatoms. The zero-order valence-corrected chi connectivity index (χ0v) is 15.0. The van der Waals surface area contributed by atoms with Crippen molar-refractivity contribution in [3.8, 4) is 0 Å². The van der Waals surface area contributed by atoms with Gasteiger partial charge in [-0.2, -0.15) is 0 Å². The maximum absolute atomic E-state index is 12.0. The molecule has 24 heavy (non-hydrogen) atoms. The quantitative estimate of drug-likeness (QED) is 0.494. The molecular weight excluding hydrogens is 308 g/mol. The van der Waals surface area contributed by atoms with E-state index in [1.54, 1.807) is 12.1 Å². The summed E-state index contributed by atoms with van der Waals surface area (Å²) < 4.78 is 15.2. The molecule has 0 aliphatic heterocycles. The van der Waals surface area contributed by atoms with Gasteiger partial charge in [-0.05, 0) is 49.8 Å². The van der Waals surface area contributed by atoms with Crippen molar-refractivity contribution in [3.05, 3.63) is 35.4 Å². The van der Waals surface area contributed by atoms with Crippen LogP contribution >= 0.6 is 0 Å². The van der Waals surface area contributed by atoms with Crippen LogP contribution in [0.3, 0.4) is 0 Å². The molecule has 0 amide bonds. The molecule has 0 saturated heterocycles. The van der Waals surface area contributed by atoms with Crippen molar-refractivity contribution in [1.29, 1.82) is 0 Å². The molecule has 1 aromatic carbocycles. The van der Waals surface area contributed by atoms with Crippen molar-refractivity contribution < 1.29 is 23.8 Å². The van der Waals surface area contributed by atoms with Crippen molar-refractivity contribution >= 4 is 12.1 Å². The molecule has 0 bridgehead atoms. The molecule has 0 saturated carbocycles. The van der Waals surface area contributed by atoms with Crippen molar-refractivity contribution in [2.75, 3.05) is 13.2 Å². The maximum atomic E-state index is 12.0. The van der Waals surface area contributed by atoms with E-state index in [1.165, 1.54) is 5.56 Å². The lowest BCUT2D eigenvalue weighted by Gasteiger charge is -2.13. The summed E-state index contributed by atoms with van der Waals surface area (Å²) in [5.41, 5.74) is 1.73. The highest BCUT2D eigenvalue weighted by molar-refractivity contribution is 5.89. The fourth-order valence-electron chi connectivity index (χ4n) is 1.99. The first-order valence-corrected chi connectivity index (χ1v) is 8.51. The predicted molar refractivity (Wildman–Crippen MR) is 92.1 cm³/mol. The van der Waals surface area contributed by atoms with E-state index in [0.717, 1.165) is 6.42 Å². The molecule has 0 aliphatic carbocycles. The van der Waals surface area contributed by atoms with E-state index in [4.69, 9.17) is 14.2 Å². The van der Waals surface area contributed by atoms with Crippen molar-refractivity contribution in [2.24, 2.45) is 5.92 Å². The standard InChI is InChI=1S/C19H28O5/c1-5-16-8-10-17(11-9-16)18(20)24-15(4)7-6-12-22-19(21)23-13-14(2)3/h8-11,14-15H,5-7,12-13H2,1-4H3. The Hall–Kier alpha value is -2.04. The van der Waals surface area contributed by atoms with Crippen LogP contribution in [-0.2, 0) is 20.6 Å². The summed E-state index contributed by atoms with van der Waals surface area (Å²) in [4.78, 5) is 23.3. The van der Waals surface area contributed by atoms with Crippen LogP contribution in [0.15, 0.2) is 24.3 Å². The first-order chi connectivity index (χ1) is 11.4. The summed E-state index contributed by atoms with van der Waals surface area (Å²) in [6.07, 6.45) is 1.28. The van der Waals surface area contributed by atoms with Crippen LogP contribution in [0.2, 0.25) is 0 Å². The molecule has 1 atom stereocenters. The molecule has 0 aromatic heterocycles. The second-order valence-electron chi connectivity index (χ2n) is 6.21. The number of benzene rings is 1. The summed E-state index contributed by atoms with van der Waals surface area (Å²) in [6.45, 7) is 8.41. The molecule has 1 rings (SSSR count). The van der Waals surface area contributed by atoms with Gasteiger partial charge in [-0.15, -0.1) is 0 Å². The van der Waals surface area contributed by atoms with E-state index in [1.807, 2.05) is 32.9 Å². The molecule has 0 spiro atoms. The number of aryl methyl sites for hydroxylation is 1. The summed E-state index contributed by atoms with van der Waals surface area (Å²) in [5.74, 6) is -0.0502. The Bertz CT molecular complexity index is 507. The van der Waals surface area contributed by atoms with Gasteiger partial charge in [0.1, 0.15) is 0 Å². The number of esters is 1. The molecule has 0 aliphatic rings. The monoisotopic (exact) mass is 336 g/mol. The largest absolute Gasteiger partial charge is 0.508 e. The normalized spacial score (nSPS) is 11.9. The molecule has 0 heterocycles. The SMILES string of the molecule is CCc1ccc(C(=O)OC(C)CCCOC(=O)OCC(C)C)cc1. The molecule has 1 unspecified atom stereocenters. The highest BCUT2D eigenvalue weighted by atomic mass is 16.7. The molecule has 1 aromatic rings. The zero-order valence-electron chi connectivity index (χ0n) is 15.0. The molecule has 134 valence electrons. The summed E-state index contributed by atoms with van der Waals surface area (Å²) >= 11 is 0. The first-order valence-electron chi connectivity index (χ1n) is 8.51. The minimum Gasteiger partial charge on any atom is -0.459 e. The lowest BCUT2D eigenvalue weighted by atomic mass is 10.1. The zero-order chi connectivity index (χ0) is 17.9. The van der Waals surface area contributed by atoms with Crippen LogP contribution in [0.1, 0.15) is 56.5 Å². The topological polar surface area (TPSA) is 61.8 Å². The van der Waals surface area contributed by atoms with Gasteiger partial charge in [0.15, 0.2) is 0 Å². The van der Waals surface area contributed by atoms with E-state index in [2.05, 4.69) is 6.92 Å². The fraction of sp³-hybridized carbons (Fsp3) is 0.579. The Morgan fingerprint density at radius 1 is 1.04 bits per heavy atom. The highest BCUT2D eigenvalue weighted by Crippen LogP contribution is 2.10. The lowest BCUT2D eigenvalue weighted by molar-refractivity contribution is 0.0260. The number of hydrogen-bond acceptors (Lipinski definition) is 5. The molecule has 5 nitrogen and oxygen atoms in total. The van der Waals surface area contributed by atoms with Crippen LogP contribution in [-0.4, -0.2) is 31.4 Å². The van der Waals surface area contributed by atoms with Gasteiger partial charge < -0.3 is 14.2 Å². The average Bonchev–Trinajstić information content (AvgIpc) is 2.56. The summed E-state index contributed by atoms with van der Waals surface area (Å²) in [5, 5.41) is 0. The molecule has 0 N–H and O–H groups in total. The number of carbonyl (C=O) groups excluding carboxylic acids is 2. The molecule has 0 radical (unpaired) electrons. The number of rotatable bonds is 9. The van der Waals surface area contributed by atoms with Crippen molar-refractivity contribution in [2.45, 2.75) is 53.1 Å². The summed E-state index contributed by atoms with van der Waals surface area (Å²) in [6, 6.07) is 7.42. The Morgan fingerprint density at radius 2 is 1.71 bits per heavy atom. The third kappa shape index (κ3) is 7.99. The van der Waals surface area contributed by atoms with Crippen LogP contribution < -0.4 is 0 Å². The third-order valence-electron chi connectivity index (χ3n) is 3.42. The molecular formula is C19H28O5. The van der Waals surface area contributed by atoms with Crippen molar-refractivity contribution in [1.82, 2.24) is 0 Å². The fourth-order valence-corrected chi connectivity index (χ4v) is 1.99. The maximum Gasteiger partial charge on any atom is 0.508 e. The lowest BCUT2D eigenvalue weighted by Crippen LogP contribution is -2.17. The van der Waals surface area contributed by atoms with Crippen LogP contribution in [0.5, 0.6) is 0 Å². The minimum atomic E-state index is -0.649. The predicted octanol–water partition coefficient (Wildman–Crippen LogP) is 4.38. The molecule has 0 fully saturated rings. The first kappa shape index (κ1) is 20.0. The number of carbonyl (C=O) groups is 2. The van der Waals surface area contributed by atoms with E-state index in [-0.39, 0.29) is 24.6 Å². The summed E-state index contributed by atoms with van der Waals surface area (Å²) in [7, 11) is 0. The number of hydrogen-bond donors (Lipinski definition) is 0. The minimum absolute atomic E-state index is 0.237. The van der Waals surface area contributed by atoms with Gasteiger partial charge in [-0.25, -0.2) is 9.59 Å².